The van der Waals surface area contributed by atoms with E-state index in [1.807, 2.05) is 55.1 Å². The Morgan fingerprint density at radius 1 is 0.903 bits per heavy atom. The largest absolute Gasteiger partial charge is 0.351 e. The molecule has 0 aliphatic carbocycles. The first-order valence-electron chi connectivity index (χ1n) is 10.5. The van der Waals surface area contributed by atoms with Gasteiger partial charge in [-0.1, -0.05) is 23.7 Å². The summed E-state index contributed by atoms with van der Waals surface area (Å²) >= 11 is 5.98. The highest BCUT2D eigenvalue weighted by atomic mass is 35.5. The van der Waals surface area contributed by atoms with Crippen molar-refractivity contribution in [2.45, 2.75) is 12.8 Å². The molecule has 5 rings (SSSR count). The number of likely N-dealkylation sites (N-methyl/N-ethyl adjacent to an activating group) is 1. The standard InChI is InChI=1S/C23H24ClN7/c1-29-12-14-30(15-13-29)22-23-27-16-20(31(23)11-10-26-22)19-8-9-25-21(28-19)7-4-17-2-5-18(24)6-3-17/h2-3,5-6,8-11,16H,4,7,12-15H2,1H3. The van der Waals surface area contributed by atoms with Crippen LogP contribution in [0.4, 0.5) is 5.82 Å². The molecule has 0 radical (unpaired) electrons. The maximum Gasteiger partial charge on any atom is 0.180 e. The van der Waals surface area contributed by atoms with E-state index in [1.165, 1.54) is 5.56 Å². The average molecular weight is 434 g/mol. The van der Waals surface area contributed by atoms with Crippen molar-refractivity contribution in [1.29, 1.82) is 0 Å². The van der Waals surface area contributed by atoms with Gasteiger partial charge in [0, 0.05) is 56.2 Å². The fourth-order valence-electron chi connectivity index (χ4n) is 3.91. The molecule has 31 heavy (non-hydrogen) atoms. The number of piperazine rings is 1. The maximum atomic E-state index is 5.98. The lowest BCUT2D eigenvalue weighted by atomic mass is 10.1. The van der Waals surface area contributed by atoms with Gasteiger partial charge in [0.25, 0.3) is 0 Å². The van der Waals surface area contributed by atoms with Gasteiger partial charge < -0.3 is 9.80 Å². The van der Waals surface area contributed by atoms with Crippen molar-refractivity contribution in [3.8, 4) is 11.4 Å². The monoisotopic (exact) mass is 433 g/mol. The zero-order valence-electron chi connectivity index (χ0n) is 17.4. The molecular weight excluding hydrogens is 410 g/mol. The molecule has 158 valence electrons. The fourth-order valence-corrected chi connectivity index (χ4v) is 4.03. The highest BCUT2D eigenvalue weighted by Crippen LogP contribution is 2.25. The van der Waals surface area contributed by atoms with Crippen LogP contribution >= 0.6 is 11.6 Å². The van der Waals surface area contributed by atoms with Gasteiger partial charge in [0.05, 0.1) is 17.6 Å². The normalized spacial score (nSPS) is 15.0. The van der Waals surface area contributed by atoms with Crippen molar-refractivity contribution in [3.63, 3.8) is 0 Å². The van der Waals surface area contributed by atoms with Crippen molar-refractivity contribution in [1.82, 2.24) is 29.2 Å². The summed E-state index contributed by atoms with van der Waals surface area (Å²) in [4.78, 5) is 23.2. The van der Waals surface area contributed by atoms with Crippen molar-refractivity contribution < 1.29 is 0 Å². The molecule has 0 amide bonds. The number of imidazole rings is 1. The minimum Gasteiger partial charge on any atom is -0.351 e. The number of nitrogens with zero attached hydrogens (tertiary/aromatic N) is 7. The molecule has 4 aromatic rings. The Morgan fingerprint density at radius 3 is 2.52 bits per heavy atom. The van der Waals surface area contributed by atoms with E-state index in [0.717, 1.165) is 72.7 Å². The molecular formula is C23H24ClN7. The predicted molar refractivity (Wildman–Crippen MR) is 123 cm³/mol. The Bertz CT molecular complexity index is 1180. The third kappa shape index (κ3) is 4.24. The van der Waals surface area contributed by atoms with E-state index in [4.69, 9.17) is 21.6 Å². The van der Waals surface area contributed by atoms with Crippen LogP contribution in [0.2, 0.25) is 5.02 Å². The molecule has 0 spiro atoms. The first-order valence-corrected chi connectivity index (χ1v) is 10.9. The smallest absolute Gasteiger partial charge is 0.180 e. The van der Waals surface area contributed by atoms with Crippen molar-refractivity contribution in [2.75, 3.05) is 38.1 Å². The van der Waals surface area contributed by atoms with Crippen LogP contribution in [-0.2, 0) is 12.8 Å². The van der Waals surface area contributed by atoms with Crippen molar-refractivity contribution in [2.24, 2.45) is 0 Å². The molecule has 0 N–H and O–H groups in total. The predicted octanol–water partition coefficient (Wildman–Crippen LogP) is 3.38. The summed E-state index contributed by atoms with van der Waals surface area (Å²) in [5.74, 6) is 1.75. The van der Waals surface area contributed by atoms with Crippen LogP contribution in [0.1, 0.15) is 11.4 Å². The Morgan fingerprint density at radius 2 is 1.71 bits per heavy atom. The number of anilines is 1. The summed E-state index contributed by atoms with van der Waals surface area (Å²) in [6, 6.07) is 9.86. The summed E-state index contributed by atoms with van der Waals surface area (Å²) in [5, 5.41) is 0.750. The fraction of sp³-hybridized carbons (Fsp3) is 0.304. The van der Waals surface area contributed by atoms with Gasteiger partial charge in [0.1, 0.15) is 5.82 Å². The third-order valence-electron chi connectivity index (χ3n) is 5.73. The van der Waals surface area contributed by atoms with Crippen LogP contribution in [0.15, 0.2) is 55.1 Å². The molecule has 4 heterocycles. The molecule has 1 saturated heterocycles. The SMILES string of the molecule is CN1CCN(c2nccn3c(-c4ccnc(CCc5ccc(Cl)cc5)n4)cnc23)CC1. The summed E-state index contributed by atoms with van der Waals surface area (Å²) in [5.41, 5.74) is 3.89. The van der Waals surface area contributed by atoms with Crippen LogP contribution in [0.25, 0.3) is 17.0 Å². The van der Waals surface area contributed by atoms with E-state index >= 15 is 0 Å². The van der Waals surface area contributed by atoms with E-state index in [-0.39, 0.29) is 0 Å². The first kappa shape index (κ1) is 19.9. The third-order valence-corrected chi connectivity index (χ3v) is 5.98. The molecule has 8 heteroatoms. The number of aromatic nitrogens is 5. The lowest BCUT2D eigenvalue weighted by Crippen LogP contribution is -2.45. The quantitative estimate of drug-likeness (QED) is 0.481. The van der Waals surface area contributed by atoms with Gasteiger partial charge in [0.15, 0.2) is 11.5 Å². The van der Waals surface area contributed by atoms with E-state index in [2.05, 4.69) is 31.2 Å². The molecule has 1 aliphatic heterocycles. The van der Waals surface area contributed by atoms with Crippen molar-refractivity contribution in [3.05, 3.63) is 71.5 Å². The van der Waals surface area contributed by atoms with Crippen LogP contribution in [-0.4, -0.2) is 62.5 Å². The number of halogens is 1. The van der Waals surface area contributed by atoms with Gasteiger partial charge in [-0.05, 0) is 37.2 Å². The molecule has 3 aromatic heterocycles. The zero-order chi connectivity index (χ0) is 21.2. The number of hydrogen-bond donors (Lipinski definition) is 0. The highest BCUT2D eigenvalue weighted by molar-refractivity contribution is 6.30. The van der Waals surface area contributed by atoms with Gasteiger partial charge in [-0.25, -0.2) is 19.9 Å². The Hall–Kier alpha value is -3.03. The number of hydrogen-bond acceptors (Lipinski definition) is 6. The molecule has 0 bridgehead atoms. The van der Waals surface area contributed by atoms with Gasteiger partial charge in [-0.2, -0.15) is 0 Å². The number of rotatable bonds is 5. The summed E-state index contributed by atoms with van der Waals surface area (Å²) in [6.07, 6.45) is 9.12. The molecule has 1 aliphatic rings. The molecule has 0 saturated carbocycles. The number of benzene rings is 1. The van der Waals surface area contributed by atoms with Crippen molar-refractivity contribution >= 4 is 23.1 Å². The summed E-state index contributed by atoms with van der Waals surface area (Å²) < 4.78 is 2.08. The Balaban J connectivity index is 1.40. The van der Waals surface area contributed by atoms with E-state index in [0.29, 0.717) is 0 Å². The minimum absolute atomic E-state index is 0.750. The van der Waals surface area contributed by atoms with Gasteiger partial charge >= 0.3 is 0 Å². The van der Waals surface area contributed by atoms with Crippen LogP contribution < -0.4 is 4.90 Å². The van der Waals surface area contributed by atoms with E-state index in [1.54, 1.807) is 0 Å². The lowest BCUT2D eigenvalue weighted by Gasteiger charge is -2.33. The second-order valence-electron chi connectivity index (χ2n) is 7.86. The Kier molecular flexibility index (Phi) is 5.53. The topological polar surface area (TPSA) is 62.5 Å². The molecule has 7 nitrogen and oxygen atoms in total. The molecule has 1 fully saturated rings. The molecule has 1 aromatic carbocycles. The van der Waals surface area contributed by atoms with Gasteiger partial charge in [-0.15, -0.1) is 0 Å². The average Bonchev–Trinajstić information content (AvgIpc) is 3.24. The molecule has 0 unspecified atom stereocenters. The summed E-state index contributed by atoms with van der Waals surface area (Å²) in [7, 11) is 2.15. The molecule has 0 atom stereocenters. The van der Waals surface area contributed by atoms with Gasteiger partial charge in [-0.3, -0.25) is 4.40 Å². The number of fused-ring (bicyclic) bond motifs is 1. The minimum atomic E-state index is 0.750. The second kappa shape index (κ2) is 8.61. The first-order chi connectivity index (χ1) is 15.2. The second-order valence-corrected chi connectivity index (χ2v) is 8.30. The Labute approximate surface area is 186 Å². The van der Waals surface area contributed by atoms with Crippen LogP contribution in [0.3, 0.4) is 0 Å². The van der Waals surface area contributed by atoms with E-state index in [9.17, 15) is 0 Å². The maximum absolute atomic E-state index is 5.98. The highest BCUT2D eigenvalue weighted by Gasteiger charge is 2.20. The number of aryl methyl sites for hydroxylation is 2. The lowest BCUT2D eigenvalue weighted by molar-refractivity contribution is 0.312. The zero-order valence-corrected chi connectivity index (χ0v) is 18.2. The van der Waals surface area contributed by atoms with Crippen LogP contribution in [0, 0.1) is 0 Å². The van der Waals surface area contributed by atoms with Gasteiger partial charge in [0.2, 0.25) is 0 Å². The summed E-state index contributed by atoms with van der Waals surface area (Å²) in [6.45, 7) is 3.96. The van der Waals surface area contributed by atoms with E-state index < -0.39 is 0 Å². The van der Waals surface area contributed by atoms with Crippen LogP contribution in [0.5, 0.6) is 0 Å².